The lowest BCUT2D eigenvalue weighted by Gasteiger charge is -2.18. The number of carbonyl (C=O) groups excluding carboxylic acids is 1. The summed E-state index contributed by atoms with van der Waals surface area (Å²) < 4.78 is 12.8. The van der Waals surface area contributed by atoms with E-state index in [9.17, 15) is 14.3 Å². The van der Waals surface area contributed by atoms with Gasteiger partial charge in [-0.25, -0.2) is 4.39 Å². The number of nitrogens with zero attached hydrogens (tertiary/aromatic N) is 1. The Balaban J connectivity index is 1.70. The molecule has 1 N–H and O–H groups in total. The molecule has 1 unspecified atom stereocenters. The number of carbonyl (C=O) groups is 1. The van der Waals surface area contributed by atoms with Crippen LogP contribution in [-0.2, 0) is 0 Å². The molecule has 1 aliphatic carbocycles. The summed E-state index contributed by atoms with van der Waals surface area (Å²) >= 11 is 0. The fourth-order valence-electron chi connectivity index (χ4n) is 3.21. The van der Waals surface area contributed by atoms with Crippen molar-refractivity contribution < 1.29 is 14.3 Å². The van der Waals surface area contributed by atoms with Crippen LogP contribution < -0.4 is 0 Å². The van der Waals surface area contributed by atoms with Crippen molar-refractivity contribution in [2.75, 3.05) is 13.1 Å². The van der Waals surface area contributed by atoms with E-state index in [1.54, 1.807) is 0 Å². The molecule has 0 bridgehead atoms. The highest BCUT2D eigenvalue weighted by molar-refractivity contribution is 5.94. The van der Waals surface area contributed by atoms with Gasteiger partial charge in [-0.15, -0.1) is 0 Å². The average molecular weight is 249 g/mol. The van der Waals surface area contributed by atoms with E-state index in [1.807, 2.05) is 4.90 Å². The van der Waals surface area contributed by atoms with Gasteiger partial charge in [-0.1, -0.05) is 0 Å². The number of halogens is 1. The van der Waals surface area contributed by atoms with E-state index < -0.39 is 0 Å². The number of hydrogen-bond acceptors (Lipinski definition) is 2. The van der Waals surface area contributed by atoms with Gasteiger partial charge in [-0.05, 0) is 48.9 Å². The Bertz CT molecular complexity index is 445. The molecule has 0 spiro atoms. The summed E-state index contributed by atoms with van der Waals surface area (Å²) in [5.74, 6) is 0.514. The first-order chi connectivity index (χ1) is 8.63. The molecule has 1 amide bonds. The van der Waals surface area contributed by atoms with E-state index in [4.69, 9.17) is 0 Å². The second-order valence-corrected chi connectivity index (χ2v) is 5.36. The van der Waals surface area contributed by atoms with Crippen LogP contribution in [0.4, 0.5) is 4.39 Å². The van der Waals surface area contributed by atoms with Gasteiger partial charge in [0.15, 0.2) is 0 Å². The number of aliphatic hydroxyl groups is 1. The molecule has 1 saturated carbocycles. The van der Waals surface area contributed by atoms with Crippen LogP contribution in [0.2, 0.25) is 0 Å². The zero-order valence-corrected chi connectivity index (χ0v) is 10.1. The Labute approximate surface area is 105 Å². The molecule has 96 valence electrons. The second-order valence-electron chi connectivity index (χ2n) is 5.36. The van der Waals surface area contributed by atoms with E-state index >= 15 is 0 Å². The minimum Gasteiger partial charge on any atom is -0.393 e. The number of rotatable bonds is 1. The molecule has 1 aromatic rings. The minimum absolute atomic E-state index is 0.0288. The topological polar surface area (TPSA) is 40.5 Å². The smallest absolute Gasteiger partial charge is 0.253 e. The third-order valence-corrected chi connectivity index (χ3v) is 4.10. The lowest BCUT2D eigenvalue weighted by Crippen LogP contribution is -2.30. The number of hydrogen-bond donors (Lipinski definition) is 1. The summed E-state index contributed by atoms with van der Waals surface area (Å²) in [6.45, 7) is 1.44. The molecular formula is C14H16FNO2. The van der Waals surface area contributed by atoms with Crippen molar-refractivity contribution >= 4 is 5.91 Å². The third-order valence-electron chi connectivity index (χ3n) is 4.10. The monoisotopic (exact) mass is 249 g/mol. The van der Waals surface area contributed by atoms with Crippen molar-refractivity contribution in [3.05, 3.63) is 35.6 Å². The second kappa shape index (κ2) is 4.35. The highest BCUT2D eigenvalue weighted by atomic mass is 19.1. The molecular weight excluding hydrogens is 233 g/mol. The van der Waals surface area contributed by atoms with Crippen LogP contribution in [0, 0.1) is 17.7 Å². The van der Waals surface area contributed by atoms with Crippen molar-refractivity contribution in [1.29, 1.82) is 0 Å². The normalized spacial score (nSPS) is 30.6. The molecule has 1 saturated heterocycles. The molecule has 1 heterocycles. The van der Waals surface area contributed by atoms with Crippen LogP contribution >= 0.6 is 0 Å². The number of aliphatic hydroxyl groups excluding tert-OH is 1. The van der Waals surface area contributed by atoms with Crippen LogP contribution in [0.1, 0.15) is 23.2 Å². The molecule has 2 fully saturated rings. The maximum Gasteiger partial charge on any atom is 0.253 e. The van der Waals surface area contributed by atoms with Gasteiger partial charge in [-0.2, -0.15) is 0 Å². The predicted octanol–water partition coefficient (Wildman–Crippen LogP) is 1.67. The highest BCUT2D eigenvalue weighted by Crippen LogP contribution is 2.38. The van der Waals surface area contributed by atoms with Crippen molar-refractivity contribution in [3.8, 4) is 0 Å². The Morgan fingerprint density at radius 1 is 1.17 bits per heavy atom. The van der Waals surface area contributed by atoms with Gasteiger partial charge in [-0.3, -0.25) is 4.79 Å². The largest absolute Gasteiger partial charge is 0.393 e. The molecule has 4 heteroatoms. The first kappa shape index (κ1) is 11.7. The quantitative estimate of drug-likeness (QED) is 0.822. The van der Waals surface area contributed by atoms with Crippen LogP contribution in [0.3, 0.4) is 0 Å². The first-order valence-electron chi connectivity index (χ1n) is 6.36. The first-order valence-corrected chi connectivity index (χ1v) is 6.36. The maximum atomic E-state index is 12.8. The Kier molecular flexibility index (Phi) is 2.82. The van der Waals surface area contributed by atoms with E-state index in [2.05, 4.69) is 0 Å². The Hall–Kier alpha value is -1.42. The number of fused-ring (bicyclic) bond motifs is 1. The van der Waals surface area contributed by atoms with Gasteiger partial charge >= 0.3 is 0 Å². The molecule has 1 aliphatic heterocycles. The summed E-state index contributed by atoms with van der Waals surface area (Å²) in [6, 6.07) is 5.68. The summed E-state index contributed by atoms with van der Waals surface area (Å²) in [5, 5.41) is 9.56. The lowest BCUT2D eigenvalue weighted by molar-refractivity contribution is 0.0765. The van der Waals surface area contributed by atoms with Crippen LogP contribution in [-0.4, -0.2) is 35.1 Å². The Morgan fingerprint density at radius 3 is 2.28 bits per heavy atom. The summed E-state index contributed by atoms with van der Waals surface area (Å²) in [6.07, 6.45) is 1.42. The summed E-state index contributed by atoms with van der Waals surface area (Å²) in [5.41, 5.74) is 0.539. The fraction of sp³-hybridized carbons (Fsp3) is 0.500. The summed E-state index contributed by atoms with van der Waals surface area (Å²) in [4.78, 5) is 14.0. The highest BCUT2D eigenvalue weighted by Gasteiger charge is 2.41. The van der Waals surface area contributed by atoms with E-state index in [-0.39, 0.29) is 17.8 Å². The summed E-state index contributed by atoms with van der Waals surface area (Å²) in [7, 11) is 0. The molecule has 3 atom stereocenters. The van der Waals surface area contributed by atoms with Crippen LogP contribution in [0.5, 0.6) is 0 Å². The van der Waals surface area contributed by atoms with Crippen molar-refractivity contribution in [2.45, 2.75) is 18.9 Å². The maximum absolute atomic E-state index is 12.8. The predicted molar refractivity (Wildman–Crippen MR) is 64.5 cm³/mol. The number of benzene rings is 1. The number of amides is 1. The zero-order valence-electron chi connectivity index (χ0n) is 10.1. The zero-order chi connectivity index (χ0) is 12.7. The van der Waals surface area contributed by atoms with Gasteiger partial charge in [0.1, 0.15) is 5.82 Å². The average Bonchev–Trinajstić information content (AvgIpc) is 2.86. The molecule has 3 nitrogen and oxygen atoms in total. The minimum atomic E-state index is -0.326. The fourth-order valence-corrected chi connectivity index (χ4v) is 3.21. The van der Waals surface area contributed by atoms with Crippen molar-refractivity contribution in [1.82, 2.24) is 4.90 Å². The van der Waals surface area contributed by atoms with Crippen LogP contribution in [0.25, 0.3) is 0 Å². The lowest BCUT2D eigenvalue weighted by atomic mass is 10.0. The van der Waals surface area contributed by atoms with Gasteiger partial charge in [0.05, 0.1) is 6.10 Å². The molecule has 1 aromatic carbocycles. The van der Waals surface area contributed by atoms with E-state index in [1.165, 1.54) is 24.3 Å². The standard InChI is InChI=1S/C14H16FNO2/c15-12-3-1-9(2-4-12)14(18)16-7-10-5-13(17)6-11(10)8-16/h1-4,10-11,13,17H,5-8H2/t10-,11+,13?. The van der Waals surface area contributed by atoms with Gasteiger partial charge in [0.2, 0.25) is 0 Å². The van der Waals surface area contributed by atoms with Crippen LogP contribution in [0.15, 0.2) is 24.3 Å². The third kappa shape index (κ3) is 2.01. The van der Waals surface area contributed by atoms with Gasteiger partial charge in [0, 0.05) is 18.7 Å². The SMILES string of the molecule is O=C(c1ccc(F)cc1)N1C[C@H]2CC(O)C[C@H]2C1. The van der Waals surface area contributed by atoms with E-state index in [0.717, 1.165) is 25.9 Å². The van der Waals surface area contributed by atoms with Gasteiger partial charge in [0.25, 0.3) is 5.91 Å². The molecule has 0 radical (unpaired) electrons. The molecule has 18 heavy (non-hydrogen) atoms. The van der Waals surface area contributed by atoms with Gasteiger partial charge < -0.3 is 10.0 Å². The van der Waals surface area contributed by atoms with Crippen molar-refractivity contribution in [3.63, 3.8) is 0 Å². The molecule has 0 aromatic heterocycles. The molecule has 2 aliphatic rings. The van der Waals surface area contributed by atoms with Crippen molar-refractivity contribution in [2.24, 2.45) is 11.8 Å². The molecule has 3 rings (SSSR count). The number of likely N-dealkylation sites (tertiary alicyclic amines) is 1. The van der Waals surface area contributed by atoms with E-state index in [0.29, 0.717) is 17.4 Å². The Morgan fingerprint density at radius 2 is 1.72 bits per heavy atom.